The third-order valence-corrected chi connectivity index (χ3v) is 5.16. The van der Waals surface area contributed by atoms with Crippen molar-refractivity contribution in [2.75, 3.05) is 20.3 Å². The number of methoxy groups -OCH3 is 1. The highest BCUT2D eigenvalue weighted by Gasteiger charge is 2.46. The van der Waals surface area contributed by atoms with Crippen molar-refractivity contribution in [3.63, 3.8) is 0 Å². The Labute approximate surface area is 170 Å². The first-order valence-electron chi connectivity index (χ1n) is 9.30. The van der Waals surface area contributed by atoms with Gasteiger partial charge in [0.05, 0.1) is 26.0 Å². The van der Waals surface area contributed by atoms with Crippen molar-refractivity contribution in [1.82, 2.24) is 15.0 Å². The van der Waals surface area contributed by atoms with Crippen molar-refractivity contribution < 1.29 is 54.7 Å². The first kappa shape index (κ1) is 23.4. The van der Waals surface area contributed by atoms with Gasteiger partial charge in [-0.25, -0.2) is 4.68 Å². The Kier molecular flexibility index (Phi) is 7.70. The molecule has 0 spiro atoms. The molecule has 2 aliphatic rings. The van der Waals surface area contributed by atoms with Crippen LogP contribution in [0.4, 0.5) is 0 Å². The summed E-state index contributed by atoms with van der Waals surface area (Å²) in [5, 5.41) is 76.6. The van der Waals surface area contributed by atoms with Crippen molar-refractivity contribution in [3.8, 4) is 0 Å². The number of aliphatic hydroxyl groups excluding tert-OH is 7. The summed E-state index contributed by atoms with van der Waals surface area (Å²) >= 11 is 0. The number of hydrogen-bond donors (Lipinski definition) is 7. The molecule has 3 rings (SSSR count). The molecule has 10 atom stereocenters. The monoisotopic (exact) mass is 437 g/mol. The topological polar surface area (TPSA) is 209 Å². The first-order valence-corrected chi connectivity index (χ1v) is 9.30. The van der Waals surface area contributed by atoms with E-state index in [1.54, 1.807) is 0 Å². The highest BCUT2D eigenvalue weighted by molar-refractivity contribution is 4.97. The number of aliphatic hydroxyl groups is 7. The fourth-order valence-corrected chi connectivity index (χ4v) is 3.43. The summed E-state index contributed by atoms with van der Waals surface area (Å²) in [5.74, 6) is 0. The minimum atomic E-state index is -1.57. The van der Waals surface area contributed by atoms with E-state index < -0.39 is 74.6 Å². The van der Waals surface area contributed by atoms with Crippen LogP contribution in [-0.4, -0.2) is 126 Å². The van der Waals surface area contributed by atoms with Gasteiger partial charge >= 0.3 is 0 Å². The summed E-state index contributed by atoms with van der Waals surface area (Å²) in [4.78, 5) is 0. The summed E-state index contributed by atoms with van der Waals surface area (Å²) < 4.78 is 22.2. The molecule has 0 aromatic carbocycles. The Morgan fingerprint density at radius 3 is 2.23 bits per heavy atom. The second kappa shape index (κ2) is 9.88. The Bertz CT molecular complexity index is 661. The lowest BCUT2D eigenvalue weighted by atomic mass is 9.98. The SMILES string of the molecule is CO[C@H]1O[C@H](CO)[C@@H](O)[C@H](OCc2cn([C@@H]3O[C@H](CO)[C@@H](O)[C@H](O)[C@H]3O)nn2)[C@H]1O. The van der Waals surface area contributed by atoms with Gasteiger partial charge < -0.3 is 54.7 Å². The molecule has 1 aromatic heterocycles. The van der Waals surface area contributed by atoms with Gasteiger partial charge in [0.15, 0.2) is 12.5 Å². The van der Waals surface area contributed by atoms with Crippen LogP contribution in [0.5, 0.6) is 0 Å². The van der Waals surface area contributed by atoms with Gasteiger partial charge in [0, 0.05) is 7.11 Å². The van der Waals surface area contributed by atoms with Crippen LogP contribution in [0.15, 0.2) is 6.20 Å². The van der Waals surface area contributed by atoms with E-state index in [0.29, 0.717) is 0 Å². The molecule has 3 heterocycles. The van der Waals surface area contributed by atoms with E-state index >= 15 is 0 Å². The van der Waals surface area contributed by atoms with Gasteiger partial charge in [-0.3, -0.25) is 0 Å². The van der Waals surface area contributed by atoms with Crippen LogP contribution >= 0.6 is 0 Å². The molecule has 0 amide bonds. The standard InChI is InChI=1S/C16H27N3O11/c1-27-16-13(26)14(10(23)8(4-21)30-16)28-5-6-2-19(18-17-6)15-12(25)11(24)9(22)7(3-20)29-15/h2,7-16,20-26H,3-5H2,1H3/t7-,8-,9-,10-,11+,12-,13-,14+,15-,16+/m1/s1. The third kappa shape index (κ3) is 4.49. The van der Waals surface area contributed by atoms with Crippen molar-refractivity contribution >= 4 is 0 Å². The van der Waals surface area contributed by atoms with Crippen LogP contribution in [0, 0.1) is 0 Å². The molecule has 2 saturated heterocycles. The predicted molar refractivity (Wildman–Crippen MR) is 92.4 cm³/mol. The molecule has 7 N–H and O–H groups in total. The van der Waals surface area contributed by atoms with E-state index in [9.17, 15) is 35.7 Å². The lowest BCUT2D eigenvalue weighted by Gasteiger charge is -2.41. The van der Waals surface area contributed by atoms with Gasteiger partial charge in [0.1, 0.15) is 54.5 Å². The number of hydrogen-bond acceptors (Lipinski definition) is 13. The fraction of sp³-hybridized carbons (Fsp3) is 0.875. The van der Waals surface area contributed by atoms with E-state index in [1.807, 2.05) is 0 Å². The zero-order valence-corrected chi connectivity index (χ0v) is 16.1. The largest absolute Gasteiger partial charge is 0.394 e. The van der Waals surface area contributed by atoms with Crippen LogP contribution in [0.3, 0.4) is 0 Å². The van der Waals surface area contributed by atoms with Gasteiger partial charge in [-0.05, 0) is 0 Å². The number of rotatable bonds is 7. The quantitative estimate of drug-likeness (QED) is 0.214. The number of ether oxygens (including phenoxy) is 4. The van der Waals surface area contributed by atoms with Gasteiger partial charge in [0.25, 0.3) is 0 Å². The molecular weight excluding hydrogens is 410 g/mol. The van der Waals surface area contributed by atoms with Crippen molar-refractivity contribution in [2.24, 2.45) is 0 Å². The Morgan fingerprint density at radius 1 is 0.933 bits per heavy atom. The second-order valence-electron chi connectivity index (χ2n) is 7.13. The molecule has 0 unspecified atom stereocenters. The molecule has 0 bridgehead atoms. The van der Waals surface area contributed by atoms with Gasteiger partial charge in [0.2, 0.25) is 0 Å². The summed E-state index contributed by atoms with van der Waals surface area (Å²) in [7, 11) is 1.29. The summed E-state index contributed by atoms with van der Waals surface area (Å²) in [5.41, 5.74) is 0.229. The van der Waals surface area contributed by atoms with Crippen molar-refractivity contribution in [1.29, 1.82) is 0 Å². The molecule has 14 heteroatoms. The minimum absolute atomic E-state index is 0.217. The van der Waals surface area contributed by atoms with E-state index in [1.165, 1.54) is 13.3 Å². The summed E-state index contributed by atoms with van der Waals surface area (Å²) in [6.07, 6.45) is -11.6. The van der Waals surface area contributed by atoms with E-state index in [2.05, 4.69) is 10.3 Å². The third-order valence-electron chi connectivity index (χ3n) is 5.16. The lowest BCUT2D eigenvalue weighted by Crippen LogP contribution is -2.59. The number of nitrogens with zero attached hydrogens (tertiary/aromatic N) is 3. The van der Waals surface area contributed by atoms with Crippen LogP contribution in [0.1, 0.15) is 11.9 Å². The van der Waals surface area contributed by atoms with Crippen molar-refractivity contribution in [2.45, 2.75) is 68.0 Å². The average molecular weight is 437 g/mol. The fourth-order valence-electron chi connectivity index (χ4n) is 3.43. The Hall–Kier alpha value is -1.30. The van der Waals surface area contributed by atoms with E-state index in [-0.39, 0.29) is 12.3 Å². The van der Waals surface area contributed by atoms with Crippen LogP contribution in [0.25, 0.3) is 0 Å². The molecule has 0 saturated carbocycles. The second-order valence-corrected chi connectivity index (χ2v) is 7.13. The zero-order chi connectivity index (χ0) is 22.0. The molecule has 1 aromatic rings. The molecule has 2 aliphatic heterocycles. The minimum Gasteiger partial charge on any atom is -0.394 e. The molecule has 172 valence electrons. The van der Waals surface area contributed by atoms with Crippen molar-refractivity contribution in [3.05, 3.63) is 11.9 Å². The van der Waals surface area contributed by atoms with Crippen LogP contribution in [0.2, 0.25) is 0 Å². The summed E-state index contributed by atoms with van der Waals surface area (Å²) in [6, 6.07) is 0. The maximum atomic E-state index is 10.3. The molecule has 14 nitrogen and oxygen atoms in total. The zero-order valence-electron chi connectivity index (χ0n) is 16.1. The average Bonchev–Trinajstić information content (AvgIpc) is 3.21. The molecule has 2 fully saturated rings. The molecular formula is C16H27N3O11. The molecule has 0 radical (unpaired) electrons. The maximum absolute atomic E-state index is 10.3. The molecule has 0 aliphatic carbocycles. The Morgan fingerprint density at radius 2 is 1.60 bits per heavy atom. The molecule has 30 heavy (non-hydrogen) atoms. The first-order chi connectivity index (χ1) is 14.3. The smallest absolute Gasteiger partial charge is 0.186 e. The highest BCUT2D eigenvalue weighted by atomic mass is 16.7. The van der Waals surface area contributed by atoms with E-state index in [0.717, 1.165) is 4.68 Å². The van der Waals surface area contributed by atoms with E-state index in [4.69, 9.17) is 18.9 Å². The Balaban J connectivity index is 1.66. The lowest BCUT2D eigenvalue weighted by molar-refractivity contribution is -0.303. The van der Waals surface area contributed by atoms with Gasteiger partial charge in [-0.2, -0.15) is 0 Å². The normalized spacial score (nSPS) is 42.4. The maximum Gasteiger partial charge on any atom is 0.186 e. The number of aromatic nitrogens is 3. The highest BCUT2D eigenvalue weighted by Crippen LogP contribution is 2.28. The van der Waals surface area contributed by atoms with Crippen LogP contribution in [-0.2, 0) is 25.6 Å². The van der Waals surface area contributed by atoms with Gasteiger partial charge in [-0.1, -0.05) is 5.21 Å². The predicted octanol–water partition coefficient (Wildman–Crippen LogP) is -4.78. The van der Waals surface area contributed by atoms with Gasteiger partial charge in [-0.15, -0.1) is 5.10 Å². The van der Waals surface area contributed by atoms with Crippen LogP contribution < -0.4 is 0 Å². The summed E-state index contributed by atoms with van der Waals surface area (Å²) in [6.45, 7) is -1.32.